The first-order valence-electron chi connectivity index (χ1n) is 7.66. The highest BCUT2D eigenvalue weighted by molar-refractivity contribution is 7.17. The minimum atomic E-state index is -0.284. The number of amides is 1. The molecule has 1 aliphatic heterocycles. The van der Waals surface area contributed by atoms with Gasteiger partial charge in [0.25, 0.3) is 11.5 Å². The summed E-state index contributed by atoms with van der Waals surface area (Å²) in [7, 11) is 0. The summed E-state index contributed by atoms with van der Waals surface area (Å²) in [6.07, 6.45) is 4.53. The van der Waals surface area contributed by atoms with Gasteiger partial charge in [-0.15, -0.1) is 11.3 Å². The van der Waals surface area contributed by atoms with Crippen LogP contribution < -0.4 is 11.3 Å². The average Bonchev–Trinajstić information content (AvgIpc) is 2.91. The number of aromatic amines is 1. The molecule has 7 heteroatoms. The van der Waals surface area contributed by atoms with E-state index in [0.29, 0.717) is 15.8 Å². The normalized spacial score (nSPS) is 16.3. The zero-order valence-electron chi connectivity index (χ0n) is 12.6. The number of H-pyrrole nitrogens is 1. The number of nitrogens with zero attached hydrogens (tertiary/aromatic N) is 2. The van der Waals surface area contributed by atoms with E-state index >= 15 is 0 Å². The number of likely N-dealkylation sites (tertiary alicyclic amines) is 1. The predicted octanol–water partition coefficient (Wildman–Crippen LogP) is 2.22. The van der Waals surface area contributed by atoms with E-state index in [1.807, 2.05) is 4.90 Å². The minimum Gasteiger partial charge on any atom is -0.369 e. The van der Waals surface area contributed by atoms with Crippen LogP contribution in [0.15, 0.2) is 10.2 Å². The molecule has 0 aliphatic carbocycles. The summed E-state index contributed by atoms with van der Waals surface area (Å²) in [5, 5.41) is 1.72. The minimum absolute atomic E-state index is 0.0429. The molecule has 2 aromatic heterocycles. The number of rotatable bonds is 3. The van der Waals surface area contributed by atoms with Crippen LogP contribution in [0.2, 0.25) is 0 Å². The molecule has 22 heavy (non-hydrogen) atoms. The molecular formula is C15H20N4O2S. The fraction of sp³-hybridized carbons (Fsp3) is 0.533. The highest BCUT2D eigenvalue weighted by Crippen LogP contribution is 2.26. The third kappa shape index (κ3) is 2.72. The molecule has 118 valence electrons. The summed E-state index contributed by atoms with van der Waals surface area (Å²) in [5.74, 6) is 0.732. The number of thiophene rings is 1. The summed E-state index contributed by atoms with van der Waals surface area (Å²) in [4.78, 5) is 33.0. The fourth-order valence-electron chi connectivity index (χ4n) is 3.10. The Morgan fingerprint density at radius 3 is 2.91 bits per heavy atom. The van der Waals surface area contributed by atoms with Crippen molar-refractivity contribution in [2.75, 3.05) is 18.8 Å². The van der Waals surface area contributed by atoms with Crippen LogP contribution in [0, 0.1) is 5.92 Å². The van der Waals surface area contributed by atoms with E-state index in [1.165, 1.54) is 24.2 Å². The standard InChI is InChI=1S/C15H20N4O2S/c1-2-3-9-4-6-19(7-5-9)14(21)10-8-22-12-11(10)17-15(16)18-13(12)20/h8-9H,2-7H2,1H3,(H3,16,17,18,20). The molecule has 3 heterocycles. The lowest BCUT2D eigenvalue weighted by Gasteiger charge is -2.31. The second-order valence-corrected chi connectivity index (χ2v) is 6.68. The first kappa shape index (κ1) is 15.0. The van der Waals surface area contributed by atoms with Crippen molar-refractivity contribution in [3.8, 4) is 0 Å². The molecule has 1 saturated heterocycles. The monoisotopic (exact) mass is 320 g/mol. The van der Waals surface area contributed by atoms with Gasteiger partial charge in [-0.25, -0.2) is 4.98 Å². The molecule has 0 spiro atoms. The van der Waals surface area contributed by atoms with Crippen LogP contribution in [0.5, 0.6) is 0 Å². The number of piperidine rings is 1. The highest BCUT2D eigenvalue weighted by atomic mass is 32.1. The van der Waals surface area contributed by atoms with Crippen LogP contribution in [0.3, 0.4) is 0 Å². The van der Waals surface area contributed by atoms with Gasteiger partial charge >= 0.3 is 0 Å². The molecule has 3 N–H and O–H groups in total. The molecule has 2 aromatic rings. The molecule has 6 nitrogen and oxygen atoms in total. The molecule has 3 rings (SSSR count). The van der Waals surface area contributed by atoms with Crippen LogP contribution in [0.4, 0.5) is 5.95 Å². The van der Waals surface area contributed by atoms with Gasteiger partial charge in [0, 0.05) is 18.5 Å². The Morgan fingerprint density at radius 2 is 2.23 bits per heavy atom. The largest absolute Gasteiger partial charge is 0.369 e. The number of hydrogen-bond acceptors (Lipinski definition) is 5. The van der Waals surface area contributed by atoms with Crippen molar-refractivity contribution in [2.24, 2.45) is 5.92 Å². The Labute approximate surface area is 132 Å². The zero-order valence-corrected chi connectivity index (χ0v) is 13.4. The van der Waals surface area contributed by atoms with E-state index in [-0.39, 0.29) is 17.4 Å². The van der Waals surface area contributed by atoms with Crippen molar-refractivity contribution in [2.45, 2.75) is 32.6 Å². The Bertz CT molecular complexity index is 744. The van der Waals surface area contributed by atoms with Crippen LogP contribution in [-0.4, -0.2) is 33.9 Å². The van der Waals surface area contributed by atoms with Crippen molar-refractivity contribution in [3.05, 3.63) is 21.3 Å². The van der Waals surface area contributed by atoms with Crippen LogP contribution in [-0.2, 0) is 0 Å². The van der Waals surface area contributed by atoms with E-state index < -0.39 is 0 Å². The van der Waals surface area contributed by atoms with Gasteiger partial charge in [-0.05, 0) is 18.8 Å². The lowest BCUT2D eigenvalue weighted by molar-refractivity contribution is 0.0689. The quantitative estimate of drug-likeness (QED) is 0.907. The Kier molecular flexibility index (Phi) is 4.15. The number of fused-ring (bicyclic) bond motifs is 1. The number of hydrogen-bond donors (Lipinski definition) is 2. The van der Waals surface area contributed by atoms with Crippen molar-refractivity contribution in [1.29, 1.82) is 0 Å². The zero-order chi connectivity index (χ0) is 15.7. The van der Waals surface area contributed by atoms with Crippen LogP contribution in [0.1, 0.15) is 43.0 Å². The maximum atomic E-state index is 12.7. The number of nitrogens with two attached hydrogens (primary N) is 1. The van der Waals surface area contributed by atoms with Crippen LogP contribution >= 0.6 is 11.3 Å². The molecule has 0 atom stereocenters. The van der Waals surface area contributed by atoms with Gasteiger partial charge in [-0.2, -0.15) is 0 Å². The fourth-order valence-corrected chi connectivity index (χ4v) is 3.97. The third-order valence-corrected chi connectivity index (χ3v) is 5.24. The summed E-state index contributed by atoms with van der Waals surface area (Å²) in [6.45, 7) is 3.75. The Hall–Kier alpha value is -1.89. The van der Waals surface area contributed by atoms with Crippen LogP contribution in [0.25, 0.3) is 10.2 Å². The van der Waals surface area contributed by atoms with Gasteiger partial charge in [-0.1, -0.05) is 19.8 Å². The molecular weight excluding hydrogens is 300 g/mol. The maximum absolute atomic E-state index is 12.7. The summed E-state index contributed by atoms with van der Waals surface area (Å²) in [6, 6.07) is 0. The summed E-state index contributed by atoms with van der Waals surface area (Å²) in [5.41, 5.74) is 6.23. The molecule has 0 saturated carbocycles. The van der Waals surface area contributed by atoms with E-state index in [9.17, 15) is 9.59 Å². The first-order valence-corrected chi connectivity index (χ1v) is 8.54. The molecule has 0 unspecified atom stereocenters. The molecule has 0 aromatic carbocycles. The number of nitrogen functional groups attached to an aromatic ring is 1. The number of aromatic nitrogens is 2. The number of carbonyl (C=O) groups excluding carboxylic acids is 1. The molecule has 1 aliphatic rings. The van der Waals surface area contributed by atoms with Gasteiger partial charge in [0.2, 0.25) is 5.95 Å². The number of nitrogens with one attached hydrogen (secondary N) is 1. The van der Waals surface area contributed by atoms with Gasteiger partial charge in [0.15, 0.2) is 0 Å². The van der Waals surface area contributed by atoms with E-state index in [4.69, 9.17) is 5.73 Å². The smallest absolute Gasteiger partial charge is 0.270 e. The second kappa shape index (κ2) is 6.08. The SMILES string of the molecule is CCCC1CCN(C(=O)c2csc3c(=O)[nH]c(N)nc23)CC1. The van der Waals surface area contributed by atoms with E-state index in [2.05, 4.69) is 16.9 Å². The Balaban J connectivity index is 1.83. The maximum Gasteiger partial charge on any atom is 0.270 e. The van der Waals surface area contributed by atoms with Gasteiger partial charge in [0.05, 0.1) is 5.56 Å². The van der Waals surface area contributed by atoms with Crippen molar-refractivity contribution >= 4 is 33.4 Å². The lowest BCUT2D eigenvalue weighted by atomic mass is 9.92. The van der Waals surface area contributed by atoms with Gasteiger partial charge in [-0.3, -0.25) is 14.6 Å². The summed E-state index contributed by atoms with van der Waals surface area (Å²) < 4.78 is 0.457. The van der Waals surface area contributed by atoms with Crippen molar-refractivity contribution in [1.82, 2.24) is 14.9 Å². The molecule has 0 radical (unpaired) electrons. The second-order valence-electron chi connectivity index (χ2n) is 5.80. The number of carbonyl (C=O) groups is 1. The van der Waals surface area contributed by atoms with E-state index in [1.54, 1.807) is 5.38 Å². The van der Waals surface area contributed by atoms with Crippen molar-refractivity contribution < 1.29 is 4.79 Å². The summed E-state index contributed by atoms with van der Waals surface area (Å²) >= 11 is 1.24. The average molecular weight is 320 g/mol. The lowest BCUT2D eigenvalue weighted by Crippen LogP contribution is -2.38. The van der Waals surface area contributed by atoms with Gasteiger partial charge in [0.1, 0.15) is 10.2 Å². The molecule has 1 amide bonds. The van der Waals surface area contributed by atoms with Crippen molar-refractivity contribution in [3.63, 3.8) is 0 Å². The number of anilines is 1. The van der Waals surface area contributed by atoms with E-state index in [0.717, 1.165) is 31.8 Å². The third-order valence-electron chi connectivity index (χ3n) is 4.27. The topological polar surface area (TPSA) is 92.1 Å². The molecule has 1 fully saturated rings. The highest BCUT2D eigenvalue weighted by Gasteiger charge is 2.26. The predicted molar refractivity (Wildman–Crippen MR) is 88.2 cm³/mol. The first-order chi connectivity index (χ1) is 10.6. The van der Waals surface area contributed by atoms with Gasteiger partial charge < -0.3 is 10.6 Å². The molecule has 0 bridgehead atoms. The Morgan fingerprint density at radius 1 is 1.50 bits per heavy atom.